The summed E-state index contributed by atoms with van der Waals surface area (Å²) in [6, 6.07) is 20.1. The van der Waals surface area contributed by atoms with Crippen LogP contribution in [0.1, 0.15) is 83.5 Å². The maximum absolute atomic E-state index is 13.1. The highest BCUT2D eigenvalue weighted by Gasteiger charge is 2.38. The normalized spacial score (nSPS) is 12.3. The fraction of sp³-hybridized carbons (Fsp3) is 0.567. The van der Waals surface area contributed by atoms with Gasteiger partial charge in [-0.2, -0.15) is 0 Å². The first-order chi connectivity index (χ1) is 17.5. The van der Waals surface area contributed by atoms with E-state index in [9.17, 15) is 4.79 Å². The number of hydrogen-bond acceptors (Lipinski definition) is 5. The molecular formula is C30H45NO5. The summed E-state index contributed by atoms with van der Waals surface area (Å²) in [4.78, 5) is 14.6. The third-order valence-corrected chi connectivity index (χ3v) is 6.06. The first kappa shape index (κ1) is 29.8. The van der Waals surface area contributed by atoms with Crippen LogP contribution in [-0.2, 0) is 25.6 Å². The van der Waals surface area contributed by atoms with Gasteiger partial charge in [-0.05, 0) is 44.2 Å². The second-order valence-corrected chi connectivity index (χ2v) is 8.93. The molecule has 0 bridgehead atoms. The molecule has 1 atom stereocenters. The predicted molar refractivity (Wildman–Crippen MR) is 144 cm³/mol. The molecule has 36 heavy (non-hydrogen) atoms. The lowest BCUT2D eigenvalue weighted by molar-refractivity contribution is -0.292. The molecule has 0 radical (unpaired) electrons. The lowest BCUT2D eigenvalue weighted by Crippen LogP contribution is -2.54. The fourth-order valence-electron chi connectivity index (χ4n) is 4.22. The number of hydrogen-bond donors (Lipinski definition) is 0. The zero-order valence-electron chi connectivity index (χ0n) is 22.6. The standard InChI is InChI=1S/C30H45NO5/c1-5-18-28(27-21-14-11-15-22-27)33-24-17-9-8-16-23-31(30(4,35-6-2)36-7-3)29(32)34-25-26-19-12-10-13-20-26/h10-15,19-22,28H,5-9,16-18,23-25H2,1-4H3. The molecule has 1 amide bonds. The minimum absolute atomic E-state index is 0.157. The number of nitrogens with zero attached hydrogens (tertiary/aromatic N) is 1. The molecule has 6 nitrogen and oxygen atoms in total. The van der Waals surface area contributed by atoms with Gasteiger partial charge in [-0.1, -0.05) is 86.8 Å². The monoisotopic (exact) mass is 499 g/mol. The highest BCUT2D eigenvalue weighted by Crippen LogP contribution is 2.24. The van der Waals surface area contributed by atoms with Gasteiger partial charge in [0.15, 0.2) is 0 Å². The van der Waals surface area contributed by atoms with Gasteiger partial charge in [0.1, 0.15) is 6.61 Å². The summed E-state index contributed by atoms with van der Waals surface area (Å²) in [7, 11) is 0. The first-order valence-corrected chi connectivity index (χ1v) is 13.5. The Balaban J connectivity index is 1.83. The lowest BCUT2D eigenvalue weighted by Gasteiger charge is -2.39. The predicted octanol–water partition coefficient (Wildman–Crippen LogP) is 7.49. The summed E-state index contributed by atoms with van der Waals surface area (Å²) >= 11 is 0. The molecule has 0 aromatic heterocycles. The van der Waals surface area contributed by atoms with Crippen molar-refractivity contribution in [2.75, 3.05) is 26.4 Å². The Morgan fingerprint density at radius 1 is 0.861 bits per heavy atom. The van der Waals surface area contributed by atoms with Gasteiger partial charge >= 0.3 is 6.09 Å². The van der Waals surface area contributed by atoms with E-state index >= 15 is 0 Å². The Morgan fingerprint density at radius 3 is 2.08 bits per heavy atom. The van der Waals surface area contributed by atoms with E-state index in [4.69, 9.17) is 18.9 Å². The zero-order chi connectivity index (χ0) is 26.1. The molecular weight excluding hydrogens is 454 g/mol. The van der Waals surface area contributed by atoms with Gasteiger partial charge in [-0.15, -0.1) is 0 Å². The van der Waals surface area contributed by atoms with E-state index in [1.54, 1.807) is 11.8 Å². The third kappa shape index (κ3) is 10.3. The smallest absolute Gasteiger partial charge is 0.414 e. The maximum atomic E-state index is 13.1. The van der Waals surface area contributed by atoms with Crippen molar-refractivity contribution in [1.82, 2.24) is 4.90 Å². The number of amides is 1. The van der Waals surface area contributed by atoms with E-state index in [1.807, 2.05) is 50.2 Å². The molecule has 0 N–H and O–H groups in total. The molecule has 0 aliphatic heterocycles. The van der Waals surface area contributed by atoms with Crippen LogP contribution < -0.4 is 0 Å². The highest BCUT2D eigenvalue weighted by molar-refractivity contribution is 5.68. The van der Waals surface area contributed by atoms with Crippen molar-refractivity contribution in [3.05, 3.63) is 71.8 Å². The summed E-state index contributed by atoms with van der Waals surface area (Å²) in [5, 5.41) is 0. The second kappa shape index (κ2) is 17.1. The van der Waals surface area contributed by atoms with Crippen molar-refractivity contribution in [2.45, 2.75) is 84.8 Å². The van der Waals surface area contributed by atoms with Crippen molar-refractivity contribution in [3.8, 4) is 0 Å². The number of carbonyl (C=O) groups is 1. The summed E-state index contributed by atoms with van der Waals surface area (Å²) in [6.45, 7) is 10.1. The van der Waals surface area contributed by atoms with E-state index in [0.717, 1.165) is 50.7 Å². The number of ether oxygens (including phenoxy) is 4. The number of unbranched alkanes of at least 4 members (excludes halogenated alkanes) is 3. The topological polar surface area (TPSA) is 57.2 Å². The van der Waals surface area contributed by atoms with E-state index in [0.29, 0.717) is 19.8 Å². The largest absolute Gasteiger partial charge is 0.444 e. The van der Waals surface area contributed by atoms with Crippen molar-refractivity contribution in [1.29, 1.82) is 0 Å². The quantitative estimate of drug-likeness (QED) is 0.157. The summed E-state index contributed by atoms with van der Waals surface area (Å²) in [5.74, 6) is -1.16. The molecule has 1 unspecified atom stereocenters. The summed E-state index contributed by atoms with van der Waals surface area (Å²) in [6.07, 6.45) is 5.66. The van der Waals surface area contributed by atoms with Gasteiger partial charge in [-0.25, -0.2) is 4.79 Å². The highest BCUT2D eigenvalue weighted by atomic mass is 16.7. The lowest BCUT2D eigenvalue weighted by atomic mass is 10.1. The summed E-state index contributed by atoms with van der Waals surface area (Å²) < 4.78 is 23.6. The Labute approximate surface area is 217 Å². The van der Waals surface area contributed by atoms with Gasteiger partial charge in [0.2, 0.25) is 0 Å². The van der Waals surface area contributed by atoms with Crippen LogP contribution in [-0.4, -0.2) is 43.3 Å². The van der Waals surface area contributed by atoms with Gasteiger partial charge in [0, 0.05) is 33.3 Å². The molecule has 2 aromatic rings. The third-order valence-electron chi connectivity index (χ3n) is 6.06. The van der Waals surface area contributed by atoms with Crippen LogP contribution in [0.2, 0.25) is 0 Å². The van der Waals surface area contributed by atoms with Crippen molar-refractivity contribution in [3.63, 3.8) is 0 Å². The van der Waals surface area contributed by atoms with E-state index in [2.05, 4.69) is 31.2 Å². The Bertz CT molecular complexity index is 824. The van der Waals surface area contributed by atoms with E-state index in [-0.39, 0.29) is 12.7 Å². The average Bonchev–Trinajstić information content (AvgIpc) is 2.89. The Hall–Kier alpha value is -2.41. The molecule has 0 saturated heterocycles. The fourth-order valence-corrected chi connectivity index (χ4v) is 4.22. The van der Waals surface area contributed by atoms with Crippen LogP contribution in [0, 0.1) is 0 Å². The van der Waals surface area contributed by atoms with Crippen molar-refractivity contribution >= 4 is 6.09 Å². The Morgan fingerprint density at radius 2 is 1.47 bits per heavy atom. The van der Waals surface area contributed by atoms with Crippen LogP contribution in [0.25, 0.3) is 0 Å². The minimum atomic E-state index is -1.16. The van der Waals surface area contributed by atoms with Gasteiger partial charge in [0.25, 0.3) is 5.91 Å². The molecule has 2 rings (SSSR count). The van der Waals surface area contributed by atoms with Crippen molar-refractivity contribution < 1.29 is 23.7 Å². The maximum Gasteiger partial charge on any atom is 0.414 e. The minimum Gasteiger partial charge on any atom is -0.444 e. The molecule has 0 spiro atoms. The average molecular weight is 500 g/mol. The first-order valence-electron chi connectivity index (χ1n) is 13.5. The van der Waals surface area contributed by atoms with Crippen LogP contribution in [0.15, 0.2) is 60.7 Å². The number of carbonyl (C=O) groups excluding carboxylic acids is 1. The molecule has 6 heteroatoms. The molecule has 0 fully saturated rings. The van der Waals surface area contributed by atoms with Gasteiger partial charge < -0.3 is 18.9 Å². The van der Waals surface area contributed by atoms with E-state index in [1.165, 1.54) is 5.56 Å². The van der Waals surface area contributed by atoms with Crippen LogP contribution in [0.4, 0.5) is 4.79 Å². The Kier molecular flexibility index (Phi) is 14.2. The van der Waals surface area contributed by atoms with Crippen LogP contribution in [0.3, 0.4) is 0 Å². The molecule has 0 aliphatic rings. The van der Waals surface area contributed by atoms with Gasteiger partial charge in [-0.3, -0.25) is 4.90 Å². The number of rotatable bonds is 18. The van der Waals surface area contributed by atoms with Crippen LogP contribution in [0.5, 0.6) is 0 Å². The van der Waals surface area contributed by atoms with Crippen LogP contribution >= 0.6 is 0 Å². The molecule has 2 aromatic carbocycles. The zero-order valence-corrected chi connectivity index (χ0v) is 22.6. The second-order valence-electron chi connectivity index (χ2n) is 8.93. The van der Waals surface area contributed by atoms with Crippen molar-refractivity contribution in [2.24, 2.45) is 0 Å². The summed E-state index contributed by atoms with van der Waals surface area (Å²) in [5.41, 5.74) is 2.19. The number of benzene rings is 2. The van der Waals surface area contributed by atoms with Gasteiger partial charge in [0.05, 0.1) is 6.10 Å². The molecule has 200 valence electrons. The van der Waals surface area contributed by atoms with E-state index < -0.39 is 12.0 Å². The molecule has 0 saturated carbocycles. The SMILES string of the molecule is CCCC(OCCCCCCN(C(=O)OCc1ccccc1)C(C)(OCC)OCC)c1ccccc1. The molecule has 0 heterocycles. The molecule has 0 aliphatic carbocycles.